The number of likely N-dealkylation sites (tertiary alicyclic amines) is 1. The van der Waals surface area contributed by atoms with Crippen molar-refractivity contribution in [2.45, 2.75) is 24.9 Å². The lowest BCUT2D eigenvalue weighted by atomic mass is 9.92. The summed E-state index contributed by atoms with van der Waals surface area (Å²) in [7, 11) is 3.88. The Morgan fingerprint density at radius 3 is 3.00 bits per heavy atom. The van der Waals surface area contributed by atoms with Gasteiger partial charge >= 0.3 is 0 Å². The van der Waals surface area contributed by atoms with Gasteiger partial charge in [-0.3, -0.25) is 9.78 Å². The molecule has 0 aromatic carbocycles. The summed E-state index contributed by atoms with van der Waals surface area (Å²) in [5.41, 5.74) is 0.131. The molecule has 5 nitrogen and oxygen atoms in total. The number of rotatable bonds is 4. The van der Waals surface area contributed by atoms with E-state index in [2.05, 4.69) is 4.98 Å². The first-order valence-electron chi connectivity index (χ1n) is 7.02. The van der Waals surface area contributed by atoms with E-state index in [-0.39, 0.29) is 5.91 Å². The second kappa shape index (κ2) is 6.33. The third-order valence-corrected chi connectivity index (χ3v) is 3.60. The van der Waals surface area contributed by atoms with Gasteiger partial charge in [-0.1, -0.05) is 6.07 Å². The molecule has 1 atom stereocenters. The minimum Gasteiger partial charge on any atom is -0.387 e. The molecular weight excluding hydrogens is 254 g/mol. The lowest BCUT2D eigenvalue weighted by Gasteiger charge is -2.40. The van der Waals surface area contributed by atoms with E-state index < -0.39 is 5.60 Å². The first kappa shape index (κ1) is 14.9. The molecule has 0 spiro atoms. The quantitative estimate of drug-likeness (QED) is 0.873. The third-order valence-electron chi connectivity index (χ3n) is 3.60. The van der Waals surface area contributed by atoms with Crippen molar-refractivity contribution < 1.29 is 9.90 Å². The first-order valence-corrected chi connectivity index (χ1v) is 7.02. The minimum atomic E-state index is -0.785. The topological polar surface area (TPSA) is 56.7 Å². The summed E-state index contributed by atoms with van der Waals surface area (Å²) in [4.78, 5) is 20.1. The zero-order valence-electron chi connectivity index (χ0n) is 12.2. The van der Waals surface area contributed by atoms with E-state index in [1.54, 1.807) is 17.3 Å². The zero-order chi connectivity index (χ0) is 14.6. The molecule has 1 fully saturated rings. The largest absolute Gasteiger partial charge is 0.387 e. The second-order valence-electron chi connectivity index (χ2n) is 5.92. The fraction of sp³-hybridized carbons (Fsp3) is 0.600. The van der Waals surface area contributed by atoms with Gasteiger partial charge in [-0.05, 0) is 38.6 Å². The highest BCUT2D eigenvalue weighted by molar-refractivity contribution is 5.78. The lowest BCUT2D eigenvalue weighted by molar-refractivity contribution is -0.138. The van der Waals surface area contributed by atoms with Gasteiger partial charge in [0.25, 0.3) is 0 Å². The molecule has 0 bridgehead atoms. The molecule has 1 aromatic rings. The summed E-state index contributed by atoms with van der Waals surface area (Å²) in [6, 6.07) is 3.74. The van der Waals surface area contributed by atoms with Gasteiger partial charge in [-0.25, -0.2) is 0 Å². The molecule has 1 aromatic heterocycles. The Morgan fingerprint density at radius 1 is 1.55 bits per heavy atom. The molecule has 0 saturated carbocycles. The molecule has 110 valence electrons. The maximum atomic E-state index is 12.3. The van der Waals surface area contributed by atoms with Crippen LogP contribution in [-0.4, -0.2) is 65.1 Å². The van der Waals surface area contributed by atoms with Crippen LogP contribution in [0.2, 0.25) is 0 Å². The predicted octanol–water partition coefficient (Wildman–Crippen LogP) is 0.539. The number of piperidine rings is 1. The molecule has 2 heterocycles. The van der Waals surface area contributed by atoms with Crippen molar-refractivity contribution in [3.8, 4) is 0 Å². The number of hydrogen-bond acceptors (Lipinski definition) is 4. The van der Waals surface area contributed by atoms with Crippen LogP contribution >= 0.6 is 0 Å². The van der Waals surface area contributed by atoms with Crippen molar-refractivity contribution >= 4 is 5.91 Å². The Hall–Kier alpha value is -1.46. The van der Waals surface area contributed by atoms with Crippen LogP contribution in [-0.2, 0) is 11.2 Å². The maximum absolute atomic E-state index is 12.3. The standard InChI is InChI=1S/C15H23N3O2/c1-17(2)11-15(20)6-4-8-18(12-15)14(19)9-13-5-3-7-16-10-13/h3,5,7,10,20H,4,6,8-9,11-12H2,1-2H3/t15-/m0/s1. The van der Waals surface area contributed by atoms with Gasteiger partial charge in [0.05, 0.1) is 18.6 Å². The Morgan fingerprint density at radius 2 is 2.35 bits per heavy atom. The average Bonchev–Trinajstić information content (AvgIpc) is 2.38. The van der Waals surface area contributed by atoms with Crippen molar-refractivity contribution in [2.24, 2.45) is 0 Å². The van der Waals surface area contributed by atoms with Crippen molar-refractivity contribution in [2.75, 3.05) is 33.7 Å². The number of pyridine rings is 1. The van der Waals surface area contributed by atoms with Crippen LogP contribution in [0.3, 0.4) is 0 Å². The molecule has 2 rings (SSSR count). The third kappa shape index (κ3) is 4.02. The summed E-state index contributed by atoms with van der Waals surface area (Å²) in [6.07, 6.45) is 5.37. The van der Waals surface area contributed by atoms with E-state index >= 15 is 0 Å². The van der Waals surface area contributed by atoms with Crippen LogP contribution in [0, 0.1) is 0 Å². The minimum absolute atomic E-state index is 0.0647. The zero-order valence-corrected chi connectivity index (χ0v) is 12.2. The maximum Gasteiger partial charge on any atom is 0.227 e. The first-order chi connectivity index (χ1) is 9.48. The summed E-state index contributed by atoms with van der Waals surface area (Å²) in [5.74, 6) is 0.0647. The molecular formula is C15H23N3O2. The molecule has 0 aliphatic carbocycles. The van der Waals surface area contributed by atoms with Crippen molar-refractivity contribution in [1.29, 1.82) is 0 Å². The lowest BCUT2D eigenvalue weighted by Crippen LogP contribution is -2.55. The van der Waals surface area contributed by atoms with Crippen LogP contribution in [0.4, 0.5) is 0 Å². The monoisotopic (exact) mass is 277 g/mol. The van der Waals surface area contributed by atoms with E-state index in [0.29, 0.717) is 19.5 Å². The highest BCUT2D eigenvalue weighted by atomic mass is 16.3. The smallest absolute Gasteiger partial charge is 0.227 e. The average molecular weight is 277 g/mol. The van der Waals surface area contributed by atoms with E-state index in [1.807, 2.05) is 31.1 Å². The normalized spacial score (nSPS) is 23.1. The van der Waals surface area contributed by atoms with E-state index in [4.69, 9.17) is 0 Å². The second-order valence-corrected chi connectivity index (χ2v) is 5.92. The molecule has 20 heavy (non-hydrogen) atoms. The number of carbonyl (C=O) groups excluding carboxylic acids is 1. The van der Waals surface area contributed by atoms with Crippen molar-refractivity contribution in [3.05, 3.63) is 30.1 Å². The summed E-state index contributed by atoms with van der Waals surface area (Å²) in [6.45, 7) is 1.74. The molecule has 0 radical (unpaired) electrons. The number of likely N-dealkylation sites (N-methyl/N-ethyl adjacent to an activating group) is 1. The molecule has 1 amide bonds. The van der Waals surface area contributed by atoms with Crippen LogP contribution in [0.15, 0.2) is 24.5 Å². The number of β-amino-alcohol motifs (C(OH)–C–C–N with tert-alkyl or cyclic N) is 1. The van der Waals surface area contributed by atoms with Gasteiger partial charge in [0.1, 0.15) is 0 Å². The number of amides is 1. The summed E-state index contributed by atoms with van der Waals surface area (Å²) >= 11 is 0. The Balaban J connectivity index is 1.96. The molecule has 5 heteroatoms. The van der Waals surface area contributed by atoms with Gasteiger partial charge in [-0.15, -0.1) is 0 Å². The number of aliphatic hydroxyl groups is 1. The SMILES string of the molecule is CN(C)C[C@@]1(O)CCCN(C(=O)Cc2cccnc2)C1. The molecule has 1 N–H and O–H groups in total. The van der Waals surface area contributed by atoms with E-state index in [0.717, 1.165) is 24.9 Å². The number of hydrogen-bond donors (Lipinski definition) is 1. The van der Waals surface area contributed by atoms with Crippen molar-refractivity contribution in [3.63, 3.8) is 0 Å². The van der Waals surface area contributed by atoms with Gasteiger partial charge in [0.2, 0.25) is 5.91 Å². The Bertz CT molecular complexity index is 450. The fourth-order valence-corrected chi connectivity index (χ4v) is 2.83. The Labute approximate surface area is 120 Å². The number of aromatic nitrogens is 1. The summed E-state index contributed by atoms with van der Waals surface area (Å²) in [5, 5.41) is 10.6. The highest BCUT2D eigenvalue weighted by Gasteiger charge is 2.35. The molecule has 0 unspecified atom stereocenters. The van der Waals surface area contributed by atoms with E-state index in [1.165, 1.54) is 0 Å². The predicted molar refractivity (Wildman–Crippen MR) is 77.3 cm³/mol. The number of nitrogens with zero attached hydrogens (tertiary/aromatic N) is 3. The van der Waals surface area contributed by atoms with Gasteiger partial charge in [0.15, 0.2) is 0 Å². The van der Waals surface area contributed by atoms with Crippen LogP contribution in [0.25, 0.3) is 0 Å². The summed E-state index contributed by atoms with van der Waals surface area (Å²) < 4.78 is 0. The van der Waals surface area contributed by atoms with Crippen LogP contribution < -0.4 is 0 Å². The van der Waals surface area contributed by atoms with Gasteiger partial charge in [0, 0.05) is 25.5 Å². The van der Waals surface area contributed by atoms with Crippen molar-refractivity contribution in [1.82, 2.24) is 14.8 Å². The number of carbonyl (C=O) groups is 1. The van der Waals surface area contributed by atoms with Gasteiger partial charge < -0.3 is 14.9 Å². The van der Waals surface area contributed by atoms with Crippen LogP contribution in [0.1, 0.15) is 18.4 Å². The molecule has 1 saturated heterocycles. The highest BCUT2D eigenvalue weighted by Crippen LogP contribution is 2.22. The van der Waals surface area contributed by atoms with Crippen LogP contribution in [0.5, 0.6) is 0 Å². The Kier molecular flexibility index (Phi) is 4.73. The molecule has 1 aliphatic rings. The molecule has 1 aliphatic heterocycles. The van der Waals surface area contributed by atoms with E-state index in [9.17, 15) is 9.90 Å². The fourth-order valence-electron chi connectivity index (χ4n) is 2.83. The van der Waals surface area contributed by atoms with Gasteiger partial charge in [-0.2, -0.15) is 0 Å².